The maximum atomic E-state index is 11.4. The summed E-state index contributed by atoms with van der Waals surface area (Å²) < 4.78 is 4.76. The van der Waals surface area contributed by atoms with Crippen LogP contribution in [0.5, 0.6) is 0 Å². The molecule has 0 aromatic carbocycles. The maximum Gasteiger partial charge on any atom is 0.321 e. The zero-order valence-corrected chi connectivity index (χ0v) is 10.5. The maximum absolute atomic E-state index is 11.4. The predicted octanol–water partition coefficient (Wildman–Crippen LogP) is -1.26. The van der Waals surface area contributed by atoms with Crippen LogP contribution in [0.15, 0.2) is 0 Å². The zero-order chi connectivity index (χ0) is 13.1. The summed E-state index contributed by atoms with van der Waals surface area (Å²) in [6, 6.07) is -0.504. The van der Waals surface area contributed by atoms with Crippen LogP contribution < -0.4 is 16.4 Å². The zero-order valence-electron chi connectivity index (χ0n) is 10.5. The Morgan fingerprint density at radius 3 is 2.65 bits per heavy atom. The van der Waals surface area contributed by atoms with Gasteiger partial charge in [-0.25, -0.2) is 4.79 Å². The van der Waals surface area contributed by atoms with E-state index in [-0.39, 0.29) is 12.5 Å². The predicted molar refractivity (Wildman–Crippen MR) is 64.6 cm³/mol. The van der Waals surface area contributed by atoms with Gasteiger partial charge in [-0.3, -0.25) is 15.0 Å². The first-order valence-corrected chi connectivity index (χ1v) is 5.63. The number of hydrogen-bond donors (Lipinski definition) is 3. The van der Waals surface area contributed by atoms with Crippen LogP contribution >= 0.6 is 0 Å². The first kappa shape index (κ1) is 15.8. The highest BCUT2D eigenvalue weighted by atomic mass is 16.5. The minimum atomic E-state index is -0.504. The lowest BCUT2D eigenvalue weighted by Crippen LogP contribution is -2.46. The minimum Gasteiger partial charge on any atom is -0.383 e. The Kier molecular flexibility index (Phi) is 9.31. The number of carbonyl (C=O) groups excluding carboxylic acids is 2. The van der Waals surface area contributed by atoms with E-state index in [1.807, 2.05) is 11.8 Å². The number of nitrogens with one attached hydrogen (secondary N) is 2. The Morgan fingerprint density at radius 2 is 2.12 bits per heavy atom. The molecule has 0 fully saturated rings. The molecule has 7 nitrogen and oxygen atoms in total. The summed E-state index contributed by atoms with van der Waals surface area (Å²) in [6.07, 6.45) is 0. The second-order valence-electron chi connectivity index (χ2n) is 3.45. The molecule has 4 N–H and O–H groups in total. The van der Waals surface area contributed by atoms with Gasteiger partial charge in [-0.1, -0.05) is 6.92 Å². The molecule has 0 aromatic heterocycles. The third kappa shape index (κ3) is 8.61. The van der Waals surface area contributed by atoms with E-state index in [4.69, 9.17) is 10.5 Å². The topological polar surface area (TPSA) is 96.7 Å². The van der Waals surface area contributed by atoms with Crippen LogP contribution in [0.1, 0.15) is 6.92 Å². The molecule has 3 amide bonds. The Bertz CT molecular complexity index is 236. The molecule has 0 saturated carbocycles. The molecule has 0 atom stereocenters. The molecule has 0 unspecified atom stereocenters. The number of rotatable bonds is 8. The van der Waals surface area contributed by atoms with E-state index in [9.17, 15) is 9.59 Å². The molecule has 7 heteroatoms. The number of imide groups is 1. The van der Waals surface area contributed by atoms with Crippen molar-refractivity contribution in [2.75, 3.05) is 46.4 Å². The van der Waals surface area contributed by atoms with Crippen LogP contribution in [-0.2, 0) is 9.53 Å². The molecule has 0 spiro atoms. The number of nitrogens with two attached hydrogens (primary N) is 1. The first-order chi connectivity index (χ1) is 8.13. The number of hydrogen-bond acceptors (Lipinski definition) is 5. The number of likely N-dealkylation sites (N-methyl/N-ethyl adjacent to an activating group) is 1. The average molecular weight is 246 g/mol. The van der Waals surface area contributed by atoms with Crippen LogP contribution in [0.25, 0.3) is 0 Å². The quantitative estimate of drug-likeness (QED) is 0.464. The number of urea groups is 1. The SMILES string of the molecule is CCN(CCN)CC(=O)NC(=O)NCCOC. The van der Waals surface area contributed by atoms with Gasteiger partial charge >= 0.3 is 6.03 Å². The number of ether oxygens (including phenoxy) is 1. The number of nitrogens with zero attached hydrogens (tertiary/aromatic N) is 1. The molecule has 0 aliphatic rings. The highest BCUT2D eigenvalue weighted by molar-refractivity contribution is 5.95. The van der Waals surface area contributed by atoms with Crippen LogP contribution in [0.2, 0.25) is 0 Å². The summed E-state index contributed by atoms with van der Waals surface area (Å²) in [7, 11) is 1.54. The second kappa shape index (κ2) is 10.0. The molecular weight excluding hydrogens is 224 g/mol. The monoisotopic (exact) mass is 246 g/mol. The summed E-state index contributed by atoms with van der Waals surface area (Å²) >= 11 is 0. The molecule has 0 aliphatic heterocycles. The van der Waals surface area contributed by atoms with E-state index >= 15 is 0 Å². The average Bonchev–Trinajstić information content (AvgIpc) is 2.28. The van der Waals surface area contributed by atoms with Gasteiger partial charge in [0.1, 0.15) is 0 Å². The van der Waals surface area contributed by atoms with Gasteiger partial charge in [-0.2, -0.15) is 0 Å². The van der Waals surface area contributed by atoms with Crippen LogP contribution in [-0.4, -0.2) is 63.3 Å². The smallest absolute Gasteiger partial charge is 0.321 e. The van der Waals surface area contributed by atoms with E-state index in [2.05, 4.69) is 10.6 Å². The molecule has 17 heavy (non-hydrogen) atoms. The molecule has 0 radical (unpaired) electrons. The number of methoxy groups -OCH3 is 1. The van der Waals surface area contributed by atoms with Crippen molar-refractivity contribution in [3.05, 3.63) is 0 Å². The number of amides is 3. The van der Waals surface area contributed by atoms with Crippen LogP contribution in [0, 0.1) is 0 Å². The van der Waals surface area contributed by atoms with Gasteiger partial charge in [0.2, 0.25) is 5.91 Å². The molecule has 0 rings (SSSR count). The van der Waals surface area contributed by atoms with Gasteiger partial charge in [0, 0.05) is 26.7 Å². The van der Waals surface area contributed by atoms with Gasteiger partial charge in [0.25, 0.3) is 0 Å². The fourth-order valence-electron chi connectivity index (χ4n) is 1.21. The number of carbonyl (C=O) groups is 2. The van der Waals surface area contributed by atoms with Crippen molar-refractivity contribution >= 4 is 11.9 Å². The van der Waals surface area contributed by atoms with Gasteiger partial charge in [-0.05, 0) is 6.54 Å². The molecule has 100 valence electrons. The van der Waals surface area contributed by atoms with Crippen molar-refractivity contribution in [1.82, 2.24) is 15.5 Å². The van der Waals surface area contributed by atoms with Crippen molar-refractivity contribution in [3.8, 4) is 0 Å². The summed E-state index contributed by atoms with van der Waals surface area (Å²) in [5, 5.41) is 4.73. The minimum absolute atomic E-state index is 0.172. The van der Waals surface area contributed by atoms with E-state index < -0.39 is 6.03 Å². The summed E-state index contributed by atoms with van der Waals surface area (Å²) in [6.45, 7) is 4.73. The molecular formula is C10H22N4O3. The lowest BCUT2D eigenvalue weighted by atomic mass is 10.4. The van der Waals surface area contributed by atoms with E-state index in [1.54, 1.807) is 0 Å². The second-order valence-corrected chi connectivity index (χ2v) is 3.45. The Hall–Kier alpha value is -1.18. The largest absolute Gasteiger partial charge is 0.383 e. The third-order valence-electron chi connectivity index (χ3n) is 2.10. The normalized spacial score (nSPS) is 10.4. The van der Waals surface area contributed by atoms with Crippen molar-refractivity contribution in [2.24, 2.45) is 5.73 Å². The molecule has 0 aromatic rings. The standard InChI is InChI=1S/C10H22N4O3/c1-3-14(6-4-11)8-9(15)13-10(16)12-5-7-17-2/h3-8,11H2,1-2H3,(H2,12,13,15,16). The Morgan fingerprint density at radius 1 is 1.41 bits per heavy atom. The van der Waals surface area contributed by atoms with Crippen molar-refractivity contribution in [3.63, 3.8) is 0 Å². The van der Waals surface area contributed by atoms with Gasteiger partial charge in [-0.15, -0.1) is 0 Å². The molecule has 0 saturated heterocycles. The summed E-state index contributed by atoms with van der Waals surface area (Å²) in [4.78, 5) is 24.5. The highest BCUT2D eigenvalue weighted by Gasteiger charge is 2.10. The Labute approximate surface area is 102 Å². The van der Waals surface area contributed by atoms with Gasteiger partial charge in [0.05, 0.1) is 13.2 Å². The summed E-state index contributed by atoms with van der Waals surface area (Å²) in [5.41, 5.74) is 5.40. The van der Waals surface area contributed by atoms with Gasteiger partial charge in [0.15, 0.2) is 0 Å². The van der Waals surface area contributed by atoms with E-state index in [1.165, 1.54) is 7.11 Å². The van der Waals surface area contributed by atoms with Gasteiger partial charge < -0.3 is 15.8 Å². The molecule has 0 bridgehead atoms. The third-order valence-corrected chi connectivity index (χ3v) is 2.10. The molecule has 0 heterocycles. The fraction of sp³-hybridized carbons (Fsp3) is 0.800. The van der Waals surface area contributed by atoms with Crippen LogP contribution in [0.4, 0.5) is 4.79 Å². The van der Waals surface area contributed by atoms with E-state index in [0.717, 1.165) is 6.54 Å². The Balaban J connectivity index is 3.79. The lowest BCUT2D eigenvalue weighted by Gasteiger charge is -2.18. The highest BCUT2D eigenvalue weighted by Crippen LogP contribution is 1.85. The molecule has 0 aliphatic carbocycles. The van der Waals surface area contributed by atoms with Crippen molar-refractivity contribution in [1.29, 1.82) is 0 Å². The van der Waals surface area contributed by atoms with Crippen LogP contribution in [0.3, 0.4) is 0 Å². The van der Waals surface area contributed by atoms with Crippen molar-refractivity contribution < 1.29 is 14.3 Å². The van der Waals surface area contributed by atoms with Crippen molar-refractivity contribution in [2.45, 2.75) is 6.92 Å². The summed E-state index contributed by atoms with van der Waals surface area (Å²) in [5.74, 6) is -0.338. The fourth-order valence-corrected chi connectivity index (χ4v) is 1.21. The lowest BCUT2D eigenvalue weighted by molar-refractivity contribution is -0.121. The van der Waals surface area contributed by atoms with E-state index in [0.29, 0.717) is 26.2 Å². The first-order valence-electron chi connectivity index (χ1n) is 5.63.